The van der Waals surface area contributed by atoms with E-state index in [1.165, 1.54) is 12.8 Å². The Hall–Kier alpha value is -0.170. The van der Waals surface area contributed by atoms with E-state index in [2.05, 4.69) is 28.9 Å². The predicted octanol–water partition coefficient (Wildman–Crippen LogP) is 0.531. The maximum absolute atomic E-state index is 12.0. The lowest BCUT2D eigenvalue weighted by molar-refractivity contribution is 0.248. The summed E-state index contributed by atoms with van der Waals surface area (Å²) in [6, 6.07) is 1.06. The van der Waals surface area contributed by atoms with Crippen LogP contribution in [-0.2, 0) is 10.0 Å². The van der Waals surface area contributed by atoms with Gasteiger partial charge in [0.15, 0.2) is 0 Å². The van der Waals surface area contributed by atoms with E-state index in [4.69, 9.17) is 0 Å². The summed E-state index contributed by atoms with van der Waals surface area (Å²) in [6.45, 7) is 3.54. The van der Waals surface area contributed by atoms with E-state index in [-0.39, 0.29) is 17.8 Å². The van der Waals surface area contributed by atoms with E-state index in [0.29, 0.717) is 12.6 Å². The summed E-state index contributed by atoms with van der Waals surface area (Å²) in [5.41, 5.74) is 0. The zero-order valence-electron chi connectivity index (χ0n) is 12.1. The van der Waals surface area contributed by atoms with Crippen LogP contribution in [0.15, 0.2) is 0 Å². The Labute approximate surface area is 117 Å². The summed E-state index contributed by atoms with van der Waals surface area (Å²) in [5, 5.41) is 3.28. The van der Waals surface area contributed by atoms with Gasteiger partial charge in [0.1, 0.15) is 0 Å². The van der Waals surface area contributed by atoms with Gasteiger partial charge in [-0.3, -0.25) is 4.90 Å². The Morgan fingerprint density at radius 2 is 2.05 bits per heavy atom. The van der Waals surface area contributed by atoms with Crippen molar-refractivity contribution in [2.45, 2.75) is 57.2 Å². The van der Waals surface area contributed by atoms with E-state index >= 15 is 0 Å². The van der Waals surface area contributed by atoms with Crippen LogP contribution < -0.4 is 10.0 Å². The van der Waals surface area contributed by atoms with Gasteiger partial charge in [0.2, 0.25) is 10.0 Å². The van der Waals surface area contributed by atoms with Crippen molar-refractivity contribution in [1.29, 1.82) is 0 Å². The first-order chi connectivity index (χ1) is 8.98. The van der Waals surface area contributed by atoms with Crippen LogP contribution in [0.25, 0.3) is 0 Å². The molecule has 5 nitrogen and oxygen atoms in total. The second-order valence-electron chi connectivity index (χ2n) is 6.02. The normalized spacial score (nSPS) is 26.6. The third kappa shape index (κ3) is 5.02. The van der Waals surface area contributed by atoms with Crippen LogP contribution in [0.4, 0.5) is 0 Å². The fourth-order valence-electron chi connectivity index (χ4n) is 2.62. The zero-order valence-corrected chi connectivity index (χ0v) is 12.9. The van der Waals surface area contributed by atoms with E-state index in [9.17, 15) is 8.42 Å². The number of hydrogen-bond acceptors (Lipinski definition) is 4. The van der Waals surface area contributed by atoms with E-state index in [0.717, 1.165) is 25.8 Å². The second kappa shape index (κ2) is 6.52. The van der Waals surface area contributed by atoms with Gasteiger partial charge < -0.3 is 5.32 Å². The molecule has 2 N–H and O–H groups in total. The average molecular weight is 289 g/mol. The number of nitrogens with zero attached hydrogens (tertiary/aromatic N) is 1. The highest BCUT2D eigenvalue weighted by atomic mass is 32.2. The van der Waals surface area contributed by atoms with Crippen molar-refractivity contribution in [2.75, 3.05) is 25.9 Å². The molecule has 2 unspecified atom stereocenters. The van der Waals surface area contributed by atoms with Crippen LogP contribution in [-0.4, -0.2) is 57.3 Å². The van der Waals surface area contributed by atoms with Crippen LogP contribution in [0.1, 0.15) is 39.0 Å². The highest BCUT2D eigenvalue weighted by molar-refractivity contribution is 7.89. The molecule has 2 fully saturated rings. The molecule has 1 aliphatic heterocycles. The molecule has 0 spiro atoms. The molecule has 0 bridgehead atoms. The summed E-state index contributed by atoms with van der Waals surface area (Å²) in [4.78, 5) is 2.28. The average Bonchev–Trinajstić information content (AvgIpc) is 3.20. The van der Waals surface area contributed by atoms with Crippen LogP contribution in [0.3, 0.4) is 0 Å². The van der Waals surface area contributed by atoms with Crippen molar-refractivity contribution in [2.24, 2.45) is 0 Å². The van der Waals surface area contributed by atoms with E-state index in [1.807, 2.05) is 0 Å². The van der Waals surface area contributed by atoms with Crippen molar-refractivity contribution >= 4 is 10.0 Å². The van der Waals surface area contributed by atoms with Gasteiger partial charge in [0, 0.05) is 24.7 Å². The largest absolute Gasteiger partial charge is 0.313 e. The Morgan fingerprint density at radius 1 is 1.32 bits per heavy atom. The van der Waals surface area contributed by atoms with Crippen molar-refractivity contribution < 1.29 is 8.42 Å². The highest BCUT2D eigenvalue weighted by Crippen LogP contribution is 2.26. The third-order valence-electron chi connectivity index (χ3n) is 4.25. The number of hydrogen-bond donors (Lipinski definition) is 2. The molecule has 0 aromatic heterocycles. The standard InChI is InChI=1S/C13H27N3O2S/c1-11(16(2)13-6-7-13)9-15-19(17,18)10-12-5-3-4-8-14-12/h11-15H,3-10H2,1-2H3. The van der Waals surface area contributed by atoms with Gasteiger partial charge in [0.05, 0.1) is 5.75 Å². The first-order valence-electron chi connectivity index (χ1n) is 7.40. The SMILES string of the molecule is CC(CNS(=O)(=O)CC1CCCCN1)N(C)C1CC1. The summed E-state index contributed by atoms with van der Waals surface area (Å²) in [7, 11) is -1.07. The van der Waals surface area contributed by atoms with Gasteiger partial charge in [0.25, 0.3) is 0 Å². The topological polar surface area (TPSA) is 61.4 Å². The Kier molecular flexibility index (Phi) is 5.22. The minimum atomic E-state index is -3.15. The maximum Gasteiger partial charge on any atom is 0.213 e. The Morgan fingerprint density at radius 3 is 2.63 bits per heavy atom. The summed E-state index contributed by atoms with van der Waals surface area (Å²) >= 11 is 0. The molecule has 2 rings (SSSR count). The lowest BCUT2D eigenvalue weighted by atomic mass is 10.1. The molecule has 112 valence electrons. The maximum atomic E-state index is 12.0. The quantitative estimate of drug-likeness (QED) is 0.718. The number of nitrogens with one attached hydrogen (secondary N) is 2. The summed E-state index contributed by atoms with van der Waals surface area (Å²) in [6.07, 6.45) is 5.76. The number of piperidine rings is 1. The van der Waals surface area contributed by atoms with Gasteiger partial charge in [-0.05, 0) is 46.2 Å². The van der Waals surface area contributed by atoms with Crippen LogP contribution in [0.2, 0.25) is 0 Å². The van der Waals surface area contributed by atoms with Gasteiger partial charge >= 0.3 is 0 Å². The molecule has 0 aromatic carbocycles. The minimum Gasteiger partial charge on any atom is -0.313 e. The molecule has 0 aromatic rings. The van der Waals surface area contributed by atoms with E-state index in [1.54, 1.807) is 0 Å². The van der Waals surface area contributed by atoms with Gasteiger partial charge in [-0.15, -0.1) is 0 Å². The lowest BCUT2D eigenvalue weighted by Gasteiger charge is -2.26. The number of likely N-dealkylation sites (N-methyl/N-ethyl adjacent to an activating group) is 1. The number of sulfonamides is 1. The lowest BCUT2D eigenvalue weighted by Crippen LogP contribution is -2.46. The molecule has 0 amide bonds. The molecule has 6 heteroatoms. The predicted molar refractivity (Wildman–Crippen MR) is 77.7 cm³/mol. The fourth-order valence-corrected chi connectivity index (χ4v) is 4.05. The molecule has 1 heterocycles. The highest BCUT2D eigenvalue weighted by Gasteiger charge is 2.29. The zero-order chi connectivity index (χ0) is 13.9. The fraction of sp³-hybridized carbons (Fsp3) is 1.00. The van der Waals surface area contributed by atoms with Crippen LogP contribution in [0, 0.1) is 0 Å². The number of rotatable bonds is 7. The van der Waals surface area contributed by atoms with E-state index < -0.39 is 10.0 Å². The summed E-state index contributed by atoms with van der Waals surface area (Å²) < 4.78 is 26.8. The molecule has 19 heavy (non-hydrogen) atoms. The molecule has 2 aliphatic rings. The van der Waals surface area contributed by atoms with Crippen LogP contribution >= 0.6 is 0 Å². The molecular weight excluding hydrogens is 262 g/mol. The first-order valence-corrected chi connectivity index (χ1v) is 9.06. The van der Waals surface area contributed by atoms with Gasteiger partial charge in [-0.2, -0.15) is 0 Å². The third-order valence-corrected chi connectivity index (χ3v) is 5.70. The molecule has 0 radical (unpaired) electrons. The van der Waals surface area contributed by atoms with Crippen molar-refractivity contribution in [1.82, 2.24) is 14.9 Å². The molecule has 1 aliphatic carbocycles. The molecule has 1 saturated heterocycles. The van der Waals surface area contributed by atoms with Crippen molar-refractivity contribution in [3.8, 4) is 0 Å². The minimum absolute atomic E-state index is 0.128. The van der Waals surface area contributed by atoms with Crippen molar-refractivity contribution in [3.63, 3.8) is 0 Å². The summed E-state index contributed by atoms with van der Waals surface area (Å²) in [5.74, 6) is 0.215. The Balaban J connectivity index is 1.73. The van der Waals surface area contributed by atoms with Gasteiger partial charge in [-0.25, -0.2) is 13.1 Å². The molecule has 2 atom stereocenters. The monoisotopic (exact) mass is 289 g/mol. The molecular formula is C13H27N3O2S. The Bertz CT molecular complexity index is 375. The first kappa shape index (κ1) is 15.2. The smallest absolute Gasteiger partial charge is 0.213 e. The molecule has 1 saturated carbocycles. The van der Waals surface area contributed by atoms with Gasteiger partial charge in [-0.1, -0.05) is 6.42 Å². The van der Waals surface area contributed by atoms with Crippen molar-refractivity contribution in [3.05, 3.63) is 0 Å². The second-order valence-corrected chi connectivity index (χ2v) is 7.87. The van der Waals surface area contributed by atoms with Crippen LogP contribution in [0.5, 0.6) is 0 Å².